The summed E-state index contributed by atoms with van der Waals surface area (Å²) in [5.74, 6) is -0.757. The molecule has 5 atom stereocenters. The number of carbonyl (C=O) groups is 1. The van der Waals surface area contributed by atoms with Crippen molar-refractivity contribution in [2.24, 2.45) is 5.92 Å². The normalized spacial score (nSPS) is 25.3. The predicted octanol–water partition coefficient (Wildman–Crippen LogP) is 5.40. The van der Waals surface area contributed by atoms with Crippen LogP contribution in [0.25, 0.3) is 0 Å². The van der Waals surface area contributed by atoms with Gasteiger partial charge in [0.1, 0.15) is 0 Å². The highest BCUT2D eigenvalue weighted by Crippen LogP contribution is 2.60. The first kappa shape index (κ1) is 28.1. The lowest BCUT2D eigenvalue weighted by molar-refractivity contribution is -0.145. The van der Waals surface area contributed by atoms with Gasteiger partial charge in [-0.05, 0) is 65.9 Å². The number of benzene rings is 2. The van der Waals surface area contributed by atoms with Crippen molar-refractivity contribution in [2.75, 3.05) is 18.1 Å². The fourth-order valence-corrected chi connectivity index (χ4v) is 9.53. The third kappa shape index (κ3) is 4.89. The highest BCUT2D eigenvalue weighted by molar-refractivity contribution is 14.1. The number of hydrogen-bond donors (Lipinski definition) is 1. The van der Waals surface area contributed by atoms with Crippen LogP contribution >= 0.6 is 22.6 Å². The molecule has 0 bridgehead atoms. The number of aliphatic hydroxyl groups excluding tert-OH is 1. The summed E-state index contributed by atoms with van der Waals surface area (Å²) in [6.07, 6.45) is 3.57. The number of halogens is 2. The molecule has 1 fully saturated rings. The van der Waals surface area contributed by atoms with E-state index in [-0.39, 0.29) is 29.9 Å². The minimum atomic E-state index is -3.25. The van der Waals surface area contributed by atoms with E-state index in [1.165, 1.54) is 0 Å². The Balaban J connectivity index is 1.43. The lowest BCUT2D eigenvalue weighted by Crippen LogP contribution is -2.45. The van der Waals surface area contributed by atoms with Crippen LogP contribution in [0, 0.1) is 9.49 Å². The summed E-state index contributed by atoms with van der Waals surface area (Å²) >= 11 is 2.24. The number of aromatic nitrogens is 3. The molecule has 2 aliphatic heterocycles. The van der Waals surface area contributed by atoms with E-state index >= 15 is 4.11 Å². The van der Waals surface area contributed by atoms with Crippen LogP contribution in [0.2, 0.25) is 18.6 Å². The number of fused-ring (bicyclic) bond motifs is 2. The number of hydrogen-bond acceptors (Lipinski definition) is 5. The average Bonchev–Trinajstić information content (AvgIpc) is 3.55. The minimum absolute atomic E-state index is 0.0836. The smallest absolute Gasteiger partial charge is 0.264 e. The van der Waals surface area contributed by atoms with Crippen molar-refractivity contribution in [3.05, 3.63) is 87.8 Å². The Morgan fingerprint density at radius 1 is 1.28 bits per heavy atom. The molecule has 0 radical (unpaired) electrons. The third-order valence-electron chi connectivity index (χ3n) is 8.18. The van der Waals surface area contributed by atoms with Crippen molar-refractivity contribution in [3.63, 3.8) is 0 Å². The summed E-state index contributed by atoms with van der Waals surface area (Å²) in [5.41, 5.74) is 1.65. The van der Waals surface area contributed by atoms with E-state index in [9.17, 15) is 9.90 Å². The molecule has 1 spiro atoms. The zero-order chi connectivity index (χ0) is 27.9. The van der Waals surface area contributed by atoms with Crippen LogP contribution in [0.5, 0.6) is 0 Å². The van der Waals surface area contributed by atoms with Gasteiger partial charge in [0.15, 0.2) is 5.60 Å². The number of anilines is 1. The predicted molar refractivity (Wildman–Crippen MR) is 160 cm³/mol. The van der Waals surface area contributed by atoms with E-state index in [1.54, 1.807) is 28.8 Å². The van der Waals surface area contributed by atoms with E-state index in [4.69, 9.17) is 4.74 Å². The summed E-state index contributed by atoms with van der Waals surface area (Å²) in [4.78, 5) is 15.7. The van der Waals surface area contributed by atoms with Crippen LogP contribution in [0.1, 0.15) is 36.1 Å². The molecule has 0 aliphatic carbocycles. The highest BCUT2D eigenvalue weighted by Gasteiger charge is 2.66. The zero-order valence-electron chi connectivity index (χ0n) is 22.4. The molecule has 1 saturated heterocycles. The molecule has 3 heterocycles. The summed E-state index contributed by atoms with van der Waals surface area (Å²) in [7, 11) is -3.25. The molecule has 1 unspecified atom stereocenters. The topological polar surface area (TPSA) is 80.5 Å². The third-order valence-corrected chi connectivity index (χ3v) is 11.3. The second-order valence-electron chi connectivity index (χ2n) is 11.0. The number of nitrogens with zero attached hydrogens (tertiary/aromatic N) is 4. The van der Waals surface area contributed by atoms with Crippen LogP contribution in [-0.2, 0) is 21.7 Å². The second kappa shape index (κ2) is 10.9. The lowest BCUT2D eigenvalue weighted by atomic mass is 9.82. The molecule has 0 saturated carbocycles. The molecular formula is C29H34FIN4O3Si. The number of aryl methyl sites for hydroxylation is 1. The van der Waals surface area contributed by atoms with E-state index in [2.05, 4.69) is 39.5 Å². The first-order valence-corrected chi connectivity index (χ1v) is 17.3. The van der Waals surface area contributed by atoms with Gasteiger partial charge in [-0.25, -0.2) is 0 Å². The van der Waals surface area contributed by atoms with Crippen LogP contribution in [-0.4, -0.2) is 53.7 Å². The van der Waals surface area contributed by atoms with Gasteiger partial charge >= 0.3 is 0 Å². The largest absolute Gasteiger partial charge is 0.395 e. The van der Waals surface area contributed by atoms with Gasteiger partial charge in [0.2, 0.25) is 8.41 Å². The Kier molecular flexibility index (Phi) is 7.84. The van der Waals surface area contributed by atoms with Crippen molar-refractivity contribution in [1.82, 2.24) is 15.0 Å². The van der Waals surface area contributed by atoms with Crippen molar-refractivity contribution in [2.45, 2.75) is 56.1 Å². The molecule has 3 aromatic rings. The summed E-state index contributed by atoms with van der Waals surface area (Å²) in [6, 6.07) is 15.6. The monoisotopic (exact) mass is 660 g/mol. The van der Waals surface area contributed by atoms with Crippen LogP contribution in [0.3, 0.4) is 0 Å². The molecule has 1 N–H and O–H groups in total. The average molecular weight is 661 g/mol. The fourth-order valence-electron chi connectivity index (χ4n) is 6.50. The summed E-state index contributed by atoms with van der Waals surface area (Å²) in [5, 5.41) is 18.6. The number of rotatable bonds is 9. The zero-order valence-corrected chi connectivity index (χ0v) is 25.6. The van der Waals surface area contributed by atoms with Crippen molar-refractivity contribution in [1.29, 1.82) is 0 Å². The Labute approximate surface area is 243 Å². The molecule has 39 heavy (non-hydrogen) atoms. The van der Waals surface area contributed by atoms with Gasteiger partial charge < -0.3 is 18.9 Å². The molecule has 10 heteroatoms. The van der Waals surface area contributed by atoms with Gasteiger partial charge in [-0.3, -0.25) is 9.48 Å². The quantitative estimate of drug-likeness (QED) is 0.144. The number of ether oxygens (including phenoxy) is 1. The summed E-state index contributed by atoms with van der Waals surface area (Å²) in [6.45, 7) is 9.96. The molecule has 5 rings (SSSR count). The minimum Gasteiger partial charge on any atom is -0.395 e. The maximum atomic E-state index is 16.0. The van der Waals surface area contributed by atoms with E-state index in [0.717, 1.165) is 20.4 Å². The Morgan fingerprint density at radius 3 is 2.69 bits per heavy atom. The SMILES string of the molecule is C=CCN1C(=O)[C@]2(O[C@H](CCn3cc(C(CO)c4ccccc4)nn3)[C@@H]([Si](C)(C)F)[C@@H]2C)c2cc(I)ccc21. The van der Waals surface area contributed by atoms with Gasteiger partial charge in [-0.15, -0.1) is 11.7 Å². The molecule has 2 aromatic carbocycles. The van der Waals surface area contributed by atoms with Crippen molar-refractivity contribution >= 4 is 42.6 Å². The Hall–Kier alpha value is -2.41. The van der Waals surface area contributed by atoms with Gasteiger partial charge in [-0.1, -0.05) is 48.5 Å². The maximum Gasteiger partial charge on any atom is 0.264 e. The lowest BCUT2D eigenvalue weighted by Gasteiger charge is -2.31. The van der Waals surface area contributed by atoms with Crippen LogP contribution < -0.4 is 4.90 Å². The Bertz CT molecular complexity index is 1360. The van der Waals surface area contributed by atoms with Gasteiger partial charge in [0, 0.05) is 39.9 Å². The maximum absolute atomic E-state index is 16.0. The van der Waals surface area contributed by atoms with Crippen LogP contribution in [0.15, 0.2) is 67.4 Å². The van der Waals surface area contributed by atoms with Crippen LogP contribution in [0.4, 0.5) is 9.80 Å². The van der Waals surface area contributed by atoms with Crippen molar-refractivity contribution < 1.29 is 18.7 Å². The molecule has 1 amide bonds. The molecule has 206 valence electrons. The first-order chi connectivity index (χ1) is 18.6. The number of carbonyl (C=O) groups excluding carboxylic acids is 1. The van der Waals surface area contributed by atoms with Gasteiger partial charge in [-0.2, -0.15) is 0 Å². The molecule has 7 nitrogen and oxygen atoms in total. The summed E-state index contributed by atoms with van der Waals surface area (Å²) < 4.78 is 25.5. The number of amides is 1. The Morgan fingerprint density at radius 2 is 2.03 bits per heavy atom. The van der Waals surface area contributed by atoms with E-state index in [1.807, 2.05) is 61.7 Å². The van der Waals surface area contributed by atoms with E-state index in [0.29, 0.717) is 25.2 Å². The first-order valence-electron chi connectivity index (χ1n) is 13.3. The molecular weight excluding hydrogens is 626 g/mol. The van der Waals surface area contributed by atoms with Crippen molar-refractivity contribution in [3.8, 4) is 0 Å². The van der Waals surface area contributed by atoms with Gasteiger partial charge in [0.05, 0.1) is 30.0 Å². The number of aliphatic hydroxyl groups is 1. The van der Waals surface area contributed by atoms with E-state index < -0.39 is 20.1 Å². The second-order valence-corrected chi connectivity index (χ2v) is 16.0. The molecule has 1 aromatic heterocycles. The molecule has 2 aliphatic rings. The van der Waals surface area contributed by atoms with Gasteiger partial charge in [0.25, 0.3) is 5.91 Å². The standard InChI is InChI=1S/C29H34FIN4O3Si/c1-5-14-35-25-12-11-21(31)16-23(25)29(28(35)37)19(2)27(39(3,4)30)26(38-29)13-15-34-17-24(32-33-34)22(18-36)20-9-7-6-8-10-20/h5-12,16-17,19,22,26-27,36H,1,13-15,18H2,2-4H3/t19-,22?,26+,27-,29+/m0/s1. The highest BCUT2D eigenvalue weighted by atomic mass is 127. The fraction of sp³-hybridized carbons (Fsp3) is 0.414.